The Morgan fingerprint density at radius 3 is 1.79 bits per heavy atom. The van der Waals surface area contributed by atoms with Crippen molar-refractivity contribution in [3.8, 4) is 39.1 Å². The van der Waals surface area contributed by atoms with Gasteiger partial charge in [-0.05, 0) is 0 Å². The molecule has 0 saturated heterocycles. The number of nitrogens with zero attached hydrogens (tertiary/aromatic N) is 2. The first-order chi connectivity index (χ1) is 32.6. The molecule has 1 atom stereocenters. The van der Waals surface area contributed by atoms with Gasteiger partial charge in [0.25, 0.3) is 0 Å². The summed E-state index contributed by atoms with van der Waals surface area (Å²) < 4.78 is 3.12. The topological polar surface area (TPSA) is 29.3 Å². The summed E-state index contributed by atoms with van der Waals surface area (Å²) in [5.74, 6) is 0.656. The average molecular weight is 892 g/mol. The predicted molar refractivity (Wildman–Crippen MR) is 271 cm³/mol. The first-order valence-corrected chi connectivity index (χ1v) is 23.4. The zero-order valence-electron chi connectivity index (χ0n) is 36.8. The molecular formula is C62H46N3Ni-. The van der Waals surface area contributed by atoms with Gasteiger partial charge in [0.2, 0.25) is 0 Å². The van der Waals surface area contributed by atoms with Crippen molar-refractivity contribution in [3.05, 3.63) is 263 Å². The van der Waals surface area contributed by atoms with E-state index < -0.39 is 5.41 Å². The number of benzene rings is 9. The number of rotatable bonds is 9. The van der Waals surface area contributed by atoms with Crippen molar-refractivity contribution in [2.45, 2.75) is 31.6 Å². The van der Waals surface area contributed by atoms with Crippen molar-refractivity contribution in [2.75, 3.05) is 0 Å². The molecule has 1 unspecified atom stereocenters. The van der Waals surface area contributed by atoms with Crippen LogP contribution < -0.4 is 5.32 Å². The minimum absolute atomic E-state index is 0.0671. The minimum atomic E-state index is -0.417. The van der Waals surface area contributed by atoms with E-state index in [0.717, 1.165) is 33.7 Å². The number of aromatic nitrogens is 1. The number of hydrogen-bond donors (Lipinski definition) is 1. The van der Waals surface area contributed by atoms with Gasteiger partial charge in [-0.2, -0.15) is 0 Å². The Kier molecular flexibility index (Phi) is 9.81. The van der Waals surface area contributed by atoms with Gasteiger partial charge in [-0.1, -0.05) is 12.1 Å². The van der Waals surface area contributed by atoms with E-state index in [-0.39, 0.29) is 5.92 Å². The molecular weight excluding hydrogens is 845 g/mol. The molecule has 66 heavy (non-hydrogen) atoms. The van der Waals surface area contributed by atoms with Gasteiger partial charge < -0.3 is 0 Å². The normalized spacial score (nSPS) is 13.6. The van der Waals surface area contributed by atoms with E-state index >= 15 is 0 Å². The second-order valence-corrected chi connectivity index (χ2v) is 18.0. The Balaban J connectivity index is 0.932. The summed E-state index contributed by atoms with van der Waals surface area (Å²) >= 11 is 6.07. The fraction of sp³-hybridized carbons (Fsp3) is 0.0806. The zero-order valence-corrected chi connectivity index (χ0v) is 37.8. The molecule has 3 nitrogen and oxygen atoms in total. The first kappa shape index (κ1) is 40.0. The monoisotopic (exact) mass is 890 g/mol. The van der Waals surface area contributed by atoms with Crippen molar-refractivity contribution in [1.29, 1.82) is 0 Å². The third-order valence-corrected chi connectivity index (χ3v) is 14.5. The molecule has 2 aliphatic rings. The summed E-state index contributed by atoms with van der Waals surface area (Å²) in [4.78, 5) is 5.20. The van der Waals surface area contributed by atoms with Gasteiger partial charge in [0.15, 0.2) is 0 Å². The third-order valence-electron chi connectivity index (χ3n) is 14.0. The summed E-state index contributed by atoms with van der Waals surface area (Å²) in [7, 11) is 0. The van der Waals surface area contributed by atoms with Gasteiger partial charge in [-0.15, -0.1) is 0 Å². The second-order valence-electron chi connectivity index (χ2n) is 17.5. The summed E-state index contributed by atoms with van der Waals surface area (Å²) in [6.45, 7) is 6.47. The number of aliphatic imine (C=N–C) groups is 1. The van der Waals surface area contributed by atoms with Crippen LogP contribution in [0, 0.1) is 13.5 Å². The summed E-state index contributed by atoms with van der Waals surface area (Å²) in [5, 5.41) is 6.21. The summed E-state index contributed by atoms with van der Waals surface area (Å²) in [6.07, 6.45) is 0.821. The molecule has 0 saturated carbocycles. The van der Waals surface area contributed by atoms with Crippen LogP contribution in [0.4, 0.5) is 0 Å². The maximum absolute atomic E-state index is 6.07. The zero-order chi connectivity index (χ0) is 44.4. The fourth-order valence-corrected chi connectivity index (χ4v) is 11.7. The number of hydrogen-bond acceptors (Lipinski definition) is 1. The molecule has 1 aromatic heterocycles. The molecule has 9 aromatic carbocycles. The van der Waals surface area contributed by atoms with Crippen molar-refractivity contribution < 1.29 is 15.0 Å². The van der Waals surface area contributed by atoms with Crippen LogP contribution in [0.5, 0.6) is 0 Å². The Labute approximate surface area is 394 Å². The van der Waals surface area contributed by atoms with E-state index in [1.54, 1.807) is 0 Å². The molecule has 0 radical (unpaired) electrons. The van der Waals surface area contributed by atoms with E-state index in [0.29, 0.717) is 0 Å². The van der Waals surface area contributed by atoms with Gasteiger partial charge in [0.05, 0.1) is 0 Å². The van der Waals surface area contributed by atoms with Gasteiger partial charge in [0, 0.05) is 0 Å². The van der Waals surface area contributed by atoms with Crippen LogP contribution >= 0.6 is 0 Å². The van der Waals surface area contributed by atoms with Gasteiger partial charge in [0.1, 0.15) is 0 Å². The van der Waals surface area contributed by atoms with E-state index in [1.807, 2.05) is 12.6 Å². The summed E-state index contributed by atoms with van der Waals surface area (Å²) in [6, 6.07) is 77.0. The SMILES string of the molecule is CCC([C](=[Ni])NC(=N[CH-]c1cccc(-n2c3ccccc3c3ccccc32)c1)c1ccccc1)c1ccccc1-c1c(C)ccc2c1-c1ccccc1C21c2ccccc2-c2ccccc21. The van der Waals surface area contributed by atoms with Crippen molar-refractivity contribution in [3.63, 3.8) is 0 Å². The van der Waals surface area contributed by atoms with Crippen LogP contribution in [0.15, 0.2) is 217 Å². The van der Waals surface area contributed by atoms with Crippen LogP contribution in [-0.4, -0.2) is 15.0 Å². The Bertz CT molecular complexity index is 3480. The van der Waals surface area contributed by atoms with Gasteiger partial charge in [-0.25, -0.2) is 0 Å². The number of para-hydroxylation sites is 2. The van der Waals surface area contributed by atoms with Crippen LogP contribution in [0.3, 0.4) is 0 Å². The molecule has 320 valence electrons. The fourth-order valence-electron chi connectivity index (χ4n) is 11.2. The maximum atomic E-state index is 6.07. The molecule has 2 aliphatic carbocycles. The number of nitrogens with one attached hydrogen (secondary N) is 1. The standard InChI is InChI=1S/C62H46N3.Ni/c1-3-43(40-64-61(44-21-5-4-6-22-44)63-39-42-20-19-23-45(38-42)65-57-34-17-12-27-49(57)50-28-13-18-35-58(50)65)46-24-7-8-29-51(46)59-41(2)36-37-56-60(59)52-30-11-16-33-55(52)62(56)53-31-14-9-25-47(53)48-26-10-15-32-54(48)62;/h4-39,43H,3H2,1-2H3,(H,63,64);/q-1;. The van der Waals surface area contributed by atoms with Crippen LogP contribution in [0.25, 0.3) is 60.9 Å². The molecule has 0 fully saturated rings. The second kappa shape index (κ2) is 16.2. The number of aryl methyl sites for hydroxylation is 1. The van der Waals surface area contributed by atoms with E-state index in [1.165, 1.54) is 88.6 Å². The molecule has 0 bridgehead atoms. The van der Waals surface area contributed by atoms with E-state index in [9.17, 15) is 0 Å². The number of fused-ring (bicyclic) bond motifs is 13. The molecule has 1 N–H and O–H groups in total. The first-order valence-electron chi connectivity index (χ1n) is 22.9. The van der Waals surface area contributed by atoms with E-state index in [4.69, 9.17) is 20.0 Å². The van der Waals surface area contributed by atoms with Gasteiger partial charge >= 0.3 is 384 Å². The average Bonchev–Trinajstić information content (AvgIpc) is 3.98. The quantitative estimate of drug-likeness (QED) is 0.0665. The van der Waals surface area contributed by atoms with Crippen LogP contribution in [-0.2, 0) is 20.4 Å². The predicted octanol–water partition coefficient (Wildman–Crippen LogP) is 14.5. The molecule has 1 heterocycles. The molecule has 0 amide bonds. The van der Waals surface area contributed by atoms with Crippen molar-refractivity contribution in [2.24, 2.45) is 4.99 Å². The third kappa shape index (κ3) is 6.13. The van der Waals surface area contributed by atoms with E-state index in [2.05, 4.69) is 230 Å². The number of amidine groups is 1. The Morgan fingerprint density at radius 2 is 1.12 bits per heavy atom. The van der Waals surface area contributed by atoms with Crippen molar-refractivity contribution in [1.82, 2.24) is 9.88 Å². The Hall–Kier alpha value is -7.52. The molecule has 10 aromatic rings. The Morgan fingerprint density at radius 1 is 0.561 bits per heavy atom. The molecule has 0 aliphatic heterocycles. The van der Waals surface area contributed by atoms with Crippen LogP contribution in [0.1, 0.15) is 63.8 Å². The summed E-state index contributed by atoms with van der Waals surface area (Å²) in [5.41, 5.74) is 20.5. The van der Waals surface area contributed by atoms with Crippen LogP contribution in [0.2, 0.25) is 0 Å². The van der Waals surface area contributed by atoms with Crippen molar-refractivity contribution >= 4 is 32.3 Å². The molecule has 1 spiro atoms. The molecule has 12 rings (SSSR count). The van der Waals surface area contributed by atoms with Gasteiger partial charge in [-0.3, -0.25) is 0 Å². The molecule has 4 heteroatoms.